The molecular weight excluding hydrogens is 425 g/mol. The zero-order chi connectivity index (χ0) is 21.5. The van der Waals surface area contributed by atoms with Crippen molar-refractivity contribution in [2.75, 3.05) is 19.7 Å². The SMILES string of the molecule is Cc1cc(C)c2c(c1)OC1(CCN(C(=O)COc3ccc(Cl)cc3Cl)CC1)CC2=O. The van der Waals surface area contributed by atoms with Crippen molar-refractivity contribution in [1.29, 1.82) is 0 Å². The van der Waals surface area contributed by atoms with Crippen molar-refractivity contribution in [3.05, 3.63) is 57.1 Å². The lowest BCUT2D eigenvalue weighted by molar-refractivity contribution is -0.136. The first-order chi connectivity index (χ1) is 14.3. The molecule has 0 radical (unpaired) electrons. The maximum absolute atomic E-state index is 12.8. The van der Waals surface area contributed by atoms with Gasteiger partial charge in [-0.2, -0.15) is 0 Å². The Bertz CT molecular complexity index is 1010. The van der Waals surface area contributed by atoms with Crippen LogP contribution in [0.4, 0.5) is 0 Å². The monoisotopic (exact) mass is 447 g/mol. The summed E-state index contributed by atoms with van der Waals surface area (Å²) in [6.45, 7) is 4.87. The number of likely N-dealkylation sites (tertiary alicyclic amines) is 1. The fraction of sp³-hybridized carbons (Fsp3) is 0.391. The van der Waals surface area contributed by atoms with E-state index < -0.39 is 5.60 Å². The predicted octanol–water partition coefficient (Wildman–Crippen LogP) is 5.02. The average molecular weight is 448 g/mol. The molecule has 0 N–H and O–H groups in total. The summed E-state index contributed by atoms with van der Waals surface area (Å²) in [5.74, 6) is 1.09. The summed E-state index contributed by atoms with van der Waals surface area (Å²) in [6, 6.07) is 8.82. The number of piperidine rings is 1. The van der Waals surface area contributed by atoms with Gasteiger partial charge >= 0.3 is 0 Å². The van der Waals surface area contributed by atoms with Crippen LogP contribution in [0.5, 0.6) is 11.5 Å². The first-order valence-electron chi connectivity index (χ1n) is 9.95. The molecule has 5 nitrogen and oxygen atoms in total. The molecule has 158 valence electrons. The van der Waals surface area contributed by atoms with E-state index in [4.69, 9.17) is 32.7 Å². The van der Waals surface area contributed by atoms with Crippen LogP contribution in [0.1, 0.15) is 40.7 Å². The lowest BCUT2D eigenvalue weighted by Gasteiger charge is -2.44. The highest BCUT2D eigenvalue weighted by molar-refractivity contribution is 6.35. The Kier molecular flexibility index (Phi) is 5.69. The third kappa shape index (κ3) is 4.14. The molecule has 1 amide bonds. The number of amides is 1. The minimum Gasteiger partial charge on any atom is -0.486 e. The number of rotatable bonds is 3. The second-order valence-corrected chi connectivity index (χ2v) is 8.93. The van der Waals surface area contributed by atoms with Gasteiger partial charge in [0, 0.05) is 31.0 Å². The molecule has 30 heavy (non-hydrogen) atoms. The van der Waals surface area contributed by atoms with Gasteiger partial charge in [0.1, 0.15) is 17.1 Å². The summed E-state index contributed by atoms with van der Waals surface area (Å²) < 4.78 is 11.9. The van der Waals surface area contributed by atoms with Crippen LogP contribution in [0.2, 0.25) is 10.0 Å². The predicted molar refractivity (Wildman–Crippen MR) is 116 cm³/mol. The lowest BCUT2D eigenvalue weighted by Crippen LogP contribution is -2.53. The number of halogens is 2. The lowest BCUT2D eigenvalue weighted by atomic mass is 9.81. The van der Waals surface area contributed by atoms with E-state index in [2.05, 4.69) is 0 Å². The van der Waals surface area contributed by atoms with E-state index in [1.54, 1.807) is 23.1 Å². The third-order valence-corrected chi connectivity index (χ3v) is 6.33. The Morgan fingerprint density at radius 1 is 1.17 bits per heavy atom. The molecule has 2 aromatic carbocycles. The van der Waals surface area contributed by atoms with Crippen molar-refractivity contribution in [1.82, 2.24) is 4.90 Å². The number of fused-ring (bicyclic) bond motifs is 1. The molecule has 1 saturated heterocycles. The third-order valence-electron chi connectivity index (χ3n) is 5.80. The van der Waals surface area contributed by atoms with E-state index in [-0.39, 0.29) is 18.3 Å². The maximum Gasteiger partial charge on any atom is 0.260 e. The average Bonchev–Trinajstić information content (AvgIpc) is 2.66. The zero-order valence-corrected chi connectivity index (χ0v) is 18.5. The van der Waals surface area contributed by atoms with Gasteiger partial charge in [0.05, 0.1) is 17.0 Å². The van der Waals surface area contributed by atoms with Gasteiger partial charge in [-0.1, -0.05) is 29.3 Å². The van der Waals surface area contributed by atoms with Gasteiger partial charge in [-0.3, -0.25) is 9.59 Å². The van der Waals surface area contributed by atoms with Gasteiger partial charge in [-0.05, 0) is 49.2 Å². The Labute approximate surface area is 185 Å². The van der Waals surface area contributed by atoms with Crippen LogP contribution >= 0.6 is 23.2 Å². The summed E-state index contributed by atoms with van der Waals surface area (Å²) in [5.41, 5.74) is 2.18. The van der Waals surface area contributed by atoms with Gasteiger partial charge < -0.3 is 14.4 Å². The molecule has 7 heteroatoms. The quantitative estimate of drug-likeness (QED) is 0.662. The van der Waals surface area contributed by atoms with E-state index in [0.29, 0.717) is 59.5 Å². The maximum atomic E-state index is 12.8. The van der Waals surface area contributed by atoms with Crippen LogP contribution in [0.15, 0.2) is 30.3 Å². The van der Waals surface area contributed by atoms with Crippen LogP contribution in [-0.4, -0.2) is 41.9 Å². The standard InChI is InChI=1S/C23H23Cl2NO4/c1-14-9-15(2)22-18(27)12-23(30-20(22)10-14)5-7-26(8-6-23)21(28)13-29-19-4-3-16(24)11-17(19)25/h3-4,9-11H,5-8,12-13H2,1-2H3. The molecule has 1 fully saturated rings. The Morgan fingerprint density at radius 2 is 1.90 bits per heavy atom. The molecule has 0 aromatic heterocycles. The number of aryl methyl sites for hydroxylation is 2. The normalized spacial score (nSPS) is 17.5. The summed E-state index contributed by atoms with van der Waals surface area (Å²) in [6.07, 6.45) is 1.57. The zero-order valence-electron chi connectivity index (χ0n) is 17.0. The van der Waals surface area contributed by atoms with E-state index in [1.165, 1.54) is 0 Å². The topological polar surface area (TPSA) is 55.8 Å². The number of ether oxygens (including phenoxy) is 2. The van der Waals surface area contributed by atoms with E-state index in [0.717, 1.165) is 11.1 Å². The Hall–Kier alpha value is -2.24. The Balaban J connectivity index is 1.38. The molecule has 2 aromatic rings. The molecule has 1 spiro atoms. The van der Waals surface area contributed by atoms with Crippen LogP contribution in [-0.2, 0) is 4.79 Å². The van der Waals surface area contributed by atoms with Crippen LogP contribution < -0.4 is 9.47 Å². The fourth-order valence-corrected chi connectivity index (χ4v) is 4.75. The van der Waals surface area contributed by atoms with Gasteiger partial charge in [0.15, 0.2) is 12.4 Å². The van der Waals surface area contributed by atoms with Crippen LogP contribution in [0, 0.1) is 13.8 Å². The van der Waals surface area contributed by atoms with Crippen molar-refractivity contribution in [3.63, 3.8) is 0 Å². The van der Waals surface area contributed by atoms with Crippen molar-refractivity contribution >= 4 is 34.9 Å². The minimum atomic E-state index is -0.540. The Morgan fingerprint density at radius 3 is 2.60 bits per heavy atom. The molecule has 2 aliphatic heterocycles. The van der Waals surface area contributed by atoms with Gasteiger partial charge in [0.2, 0.25) is 0 Å². The number of hydrogen-bond acceptors (Lipinski definition) is 4. The number of ketones is 1. The smallest absolute Gasteiger partial charge is 0.260 e. The summed E-state index contributed by atoms with van der Waals surface area (Å²) in [4.78, 5) is 27.2. The summed E-state index contributed by atoms with van der Waals surface area (Å²) in [7, 11) is 0. The van der Waals surface area contributed by atoms with E-state index >= 15 is 0 Å². The molecule has 2 aliphatic rings. The van der Waals surface area contributed by atoms with Crippen LogP contribution in [0.3, 0.4) is 0 Å². The number of carbonyl (C=O) groups excluding carboxylic acids is 2. The number of carbonyl (C=O) groups is 2. The van der Waals surface area contributed by atoms with Crippen molar-refractivity contribution < 1.29 is 19.1 Å². The van der Waals surface area contributed by atoms with E-state index in [1.807, 2.05) is 26.0 Å². The van der Waals surface area contributed by atoms with E-state index in [9.17, 15) is 9.59 Å². The van der Waals surface area contributed by atoms with Gasteiger partial charge in [-0.15, -0.1) is 0 Å². The molecule has 0 aliphatic carbocycles. The molecule has 4 rings (SSSR count). The summed E-state index contributed by atoms with van der Waals surface area (Å²) >= 11 is 12.0. The minimum absolute atomic E-state index is 0.102. The highest BCUT2D eigenvalue weighted by Crippen LogP contribution is 2.41. The largest absolute Gasteiger partial charge is 0.486 e. The molecule has 0 unspecified atom stereocenters. The van der Waals surface area contributed by atoms with Crippen molar-refractivity contribution in [2.24, 2.45) is 0 Å². The second kappa shape index (κ2) is 8.12. The first-order valence-corrected chi connectivity index (χ1v) is 10.7. The first kappa shape index (κ1) is 21.0. The number of benzene rings is 2. The second-order valence-electron chi connectivity index (χ2n) is 8.08. The fourth-order valence-electron chi connectivity index (χ4n) is 4.28. The summed E-state index contributed by atoms with van der Waals surface area (Å²) in [5, 5.41) is 0.875. The highest BCUT2D eigenvalue weighted by atomic mass is 35.5. The number of nitrogens with zero attached hydrogens (tertiary/aromatic N) is 1. The molecule has 0 bridgehead atoms. The number of Topliss-reactive ketones (excluding diaryl/α,β-unsaturated/α-hetero) is 1. The van der Waals surface area contributed by atoms with Crippen molar-refractivity contribution in [2.45, 2.75) is 38.7 Å². The van der Waals surface area contributed by atoms with Gasteiger partial charge in [-0.25, -0.2) is 0 Å². The van der Waals surface area contributed by atoms with Crippen molar-refractivity contribution in [3.8, 4) is 11.5 Å². The molecular formula is C23H23Cl2NO4. The molecule has 2 heterocycles. The van der Waals surface area contributed by atoms with Gasteiger partial charge in [0.25, 0.3) is 5.91 Å². The molecule has 0 saturated carbocycles. The highest BCUT2D eigenvalue weighted by Gasteiger charge is 2.44. The molecule has 0 atom stereocenters. The number of hydrogen-bond donors (Lipinski definition) is 0. The van der Waals surface area contributed by atoms with Crippen LogP contribution in [0.25, 0.3) is 0 Å².